The monoisotopic (exact) mass is 473 g/mol. The van der Waals surface area contributed by atoms with Crippen molar-refractivity contribution >= 4 is 34.1 Å². The van der Waals surface area contributed by atoms with Crippen molar-refractivity contribution in [2.24, 2.45) is 5.92 Å². The number of nitrogens with zero attached hydrogens (tertiary/aromatic N) is 2. The first-order valence-corrected chi connectivity index (χ1v) is 11.3. The molecule has 1 N–H and O–H groups in total. The molecule has 33 heavy (non-hydrogen) atoms. The van der Waals surface area contributed by atoms with Gasteiger partial charge in [0.25, 0.3) is 5.91 Å². The fourth-order valence-electron chi connectivity index (χ4n) is 3.79. The van der Waals surface area contributed by atoms with Gasteiger partial charge in [0.05, 0.1) is 29.5 Å². The van der Waals surface area contributed by atoms with Crippen molar-refractivity contribution in [3.8, 4) is 0 Å². The summed E-state index contributed by atoms with van der Waals surface area (Å²) < 4.78 is 32.4. The fourth-order valence-corrected chi connectivity index (χ4v) is 4.50. The number of aryl methyl sites for hydroxylation is 1. The summed E-state index contributed by atoms with van der Waals surface area (Å²) in [5.41, 5.74) is 0.699. The number of hydrogen-bond acceptors (Lipinski definition) is 6. The molecular weight excluding hydrogens is 452 g/mol. The molecule has 7 nitrogen and oxygen atoms in total. The van der Waals surface area contributed by atoms with Gasteiger partial charge in [-0.05, 0) is 44.0 Å². The summed E-state index contributed by atoms with van der Waals surface area (Å²) in [7, 11) is 0. The minimum atomic E-state index is -0.741. The molecular formula is C23H21F2N3O4S. The van der Waals surface area contributed by atoms with Crippen molar-refractivity contribution in [3.63, 3.8) is 0 Å². The lowest BCUT2D eigenvalue weighted by Gasteiger charge is -2.31. The van der Waals surface area contributed by atoms with Gasteiger partial charge < -0.3 is 9.32 Å². The Hall–Kier alpha value is -3.40. The van der Waals surface area contributed by atoms with E-state index in [-0.39, 0.29) is 23.8 Å². The minimum Gasteiger partial charge on any atom is -0.469 e. The summed E-state index contributed by atoms with van der Waals surface area (Å²) >= 11 is 1.22. The summed E-state index contributed by atoms with van der Waals surface area (Å²) in [5, 5.41) is 4.78. The first kappa shape index (κ1) is 22.8. The van der Waals surface area contributed by atoms with Crippen LogP contribution in [0.2, 0.25) is 0 Å². The number of carbonyl (C=O) groups is 3. The van der Waals surface area contributed by atoms with E-state index in [2.05, 4.69) is 10.3 Å². The van der Waals surface area contributed by atoms with Crippen LogP contribution in [0.25, 0.3) is 0 Å². The molecule has 0 radical (unpaired) electrons. The zero-order valence-corrected chi connectivity index (χ0v) is 18.6. The number of halogens is 2. The Morgan fingerprint density at radius 1 is 1.18 bits per heavy atom. The van der Waals surface area contributed by atoms with E-state index in [1.165, 1.54) is 17.6 Å². The lowest BCUT2D eigenvalue weighted by atomic mass is 9.88. The average molecular weight is 474 g/mol. The molecule has 2 amide bonds. The molecule has 1 aliphatic heterocycles. The van der Waals surface area contributed by atoms with Crippen molar-refractivity contribution in [2.75, 3.05) is 18.4 Å². The van der Waals surface area contributed by atoms with Gasteiger partial charge in [-0.2, -0.15) is 0 Å². The minimum absolute atomic E-state index is 0.0637. The molecule has 1 saturated heterocycles. The molecule has 3 aromatic rings. The third kappa shape index (κ3) is 5.16. The zero-order valence-electron chi connectivity index (χ0n) is 17.8. The van der Waals surface area contributed by atoms with Gasteiger partial charge in [0.1, 0.15) is 17.4 Å². The van der Waals surface area contributed by atoms with Gasteiger partial charge >= 0.3 is 0 Å². The Balaban J connectivity index is 1.30. The number of rotatable bonds is 6. The Morgan fingerprint density at radius 2 is 1.94 bits per heavy atom. The van der Waals surface area contributed by atoms with Crippen molar-refractivity contribution in [2.45, 2.75) is 26.2 Å². The normalized spacial score (nSPS) is 14.3. The number of nitrogens with one attached hydrogen (secondary N) is 1. The van der Waals surface area contributed by atoms with Crippen molar-refractivity contribution < 1.29 is 27.6 Å². The second kappa shape index (κ2) is 9.62. The number of amides is 2. The van der Waals surface area contributed by atoms with Crippen LogP contribution in [0.15, 0.2) is 40.3 Å². The fraction of sp³-hybridized carbons (Fsp3) is 0.304. The van der Waals surface area contributed by atoms with Crippen molar-refractivity contribution in [1.29, 1.82) is 0 Å². The van der Waals surface area contributed by atoms with Gasteiger partial charge in [0.2, 0.25) is 5.91 Å². The van der Waals surface area contributed by atoms with Crippen molar-refractivity contribution in [1.82, 2.24) is 9.88 Å². The zero-order chi connectivity index (χ0) is 23.5. The van der Waals surface area contributed by atoms with Gasteiger partial charge in [-0.1, -0.05) is 0 Å². The number of piperidine rings is 1. The van der Waals surface area contributed by atoms with Crippen molar-refractivity contribution in [3.05, 3.63) is 70.1 Å². The number of likely N-dealkylation sites (tertiary alicyclic amines) is 1. The summed E-state index contributed by atoms with van der Waals surface area (Å²) in [4.78, 5) is 43.4. The molecule has 1 aliphatic rings. The topological polar surface area (TPSA) is 92.5 Å². The standard InChI is InChI=1S/C23H21F2N3O4S/c1-13-17(6-9-32-13)22(31)27-23-26-16(12-33-23)11-20(29)28-7-4-14(5-8-28)21(30)18-10-15(24)2-3-19(18)25/h2-3,6,9-10,12,14H,4-5,7-8,11H2,1H3,(H,26,27,31). The van der Waals surface area contributed by atoms with Crippen LogP contribution >= 0.6 is 11.3 Å². The molecule has 0 saturated carbocycles. The molecule has 1 fully saturated rings. The SMILES string of the molecule is Cc1occc1C(=O)Nc1nc(CC(=O)N2CCC(C(=O)c3cc(F)ccc3F)CC2)cs1. The summed E-state index contributed by atoms with van der Waals surface area (Å²) in [6.07, 6.45) is 2.25. The largest absolute Gasteiger partial charge is 0.469 e. The Morgan fingerprint density at radius 3 is 2.64 bits per heavy atom. The van der Waals surface area contributed by atoms with E-state index in [1.807, 2.05) is 0 Å². The van der Waals surface area contributed by atoms with Crippen LogP contribution in [0.1, 0.15) is 45.0 Å². The highest BCUT2D eigenvalue weighted by Crippen LogP contribution is 2.25. The number of furan rings is 1. The predicted molar refractivity (Wildman–Crippen MR) is 117 cm³/mol. The molecule has 10 heteroatoms. The molecule has 0 aliphatic carbocycles. The number of carbonyl (C=O) groups excluding carboxylic acids is 3. The average Bonchev–Trinajstić information content (AvgIpc) is 3.43. The molecule has 0 atom stereocenters. The molecule has 2 aromatic heterocycles. The maximum absolute atomic E-state index is 13.9. The Kier molecular flexibility index (Phi) is 6.64. The van der Waals surface area contributed by atoms with E-state index in [9.17, 15) is 23.2 Å². The molecule has 1 aromatic carbocycles. The van der Waals surface area contributed by atoms with Crippen LogP contribution in [0, 0.1) is 24.5 Å². The van der Waals surface area contributed by atoms with E-state index in [0.29, 0.717) is 48.1 Å². The van der Waals surface area contributed by atoms with Crippen LogP contribution in [0.3, 0.4) is 0 Å². The van der Waals surface area contributed by atoms with Gasteiger partial charge in [0, 0.05) is 24.4 Å². The molecule has 0 unspecified atom stereocenters. The number of thiazole rings is 1. The summed E-state index contributed by atoms with van der Waals surface area (Å²) in [5.74, 6) is -2.28. The van der Waals surface area contributed by atoms with Gasteiger partial charge in [0.15, 0.2) is 10.9 Å². The highest BCUT2D eigenvalue weighted by atomic mass is 32.1. The molecule has 0 bridgehead atoms. The van der Waals surface area contributed by atoms with Gasteiger partial charge in [-0.25, -0.2) is 13.8 Å². The second-order valence-corrected chi connectivity index (χ2v) is 8.67. The van der Waals surface area contributed by atoms with Crippen LogP contribution in [0.5, 0.6) is 0 Å². The summed E-state index contributed by atoms with van der Waals surface area (Å²) in [6, 6.07) is 4.41. The van der Waals surface area contributed by atoms with E-state index >= 15 is 0 Å². The molecule has 172 valence electrons. The van der Waals surface area contributed by atoms with E-state index in [0.717, 1.165) is 18.2 Å². The van der Waals surface area contributed by atoms with Crippen LogP contribution in [-0.4, -0.2) is 40.6 Å². The summed E-state index contributed by atoms with van der Waals surface area (Å²) in [6.45, 7) is 2.38. The number of anilines is 1. The quantitative estimate of drug-likeness (QED) is 0.541. The molecule has 0 spiro atoms. The smallest absolute Gasteiger partial charge is 0.260 e. The Bertz CT molecular complexity index is 1200. The third-order valence-corrected chi connectivity index (χ3v) is 6.43. The number of hydrogen-bond donors (Lipinski definition) is 1. The van der Waals surface area contributed by atoms with Crippen LogP contribution in [0.4, 0.5) is 13.9 Å². The lowest BCUT2D eigenvalue weighted by Crippen LogP contribution is -2.41. The maximum Gasteiger partial charge on any atom is 0.260 e. The van der Waals surface area contributed by atoms with E-state index in [4.69, 9.17) is 4.42 Å². The maximum atomic E-state index is 13.9. The second-order valence-electron chi connectivity index (χ2n) is 7.81. The van der Waals surface area contributed by atoms with Crippen LogP contribution in [-0.2, 0) is 11.2 Å². The number of Topliss-reactive ketones (excluding diaryl/α,β-unsaturated/α-hetero) is 1. The number of aromatic nitrogens is 1. The van der Waals surface area contributed by atoms with Gasteiger partial charge in [-0.3, -0.25) is 19.7 Å². The predicted octanol–water partition coefficient (Wildman–Crippen LogP) is 4.24. The number of ketones is 1. The molecule has 3 heterocycles. The Labute approximate surface area is 192 Å². The highest BCUT2D eigenvalue weighted by Gasteiger charge is 2.29. The third-order valence-electron chi connectivity index (χ3n) is 5.62. The first-order valence-electron chi connectivity index (χ1n) is 10.4. The highest BCUT2D eigenvalue weighted by molar-refractivity contribution is 7.14. The van der Waals surface area contributed by atoms with E-state index in [1.54, 1.807) is 23.3 Å². The first-order chi connectivity index (χ1) is 15.8. The van der Waals surface area contributed by atoms with Gasteiger partial charge in [-0.15, -0.1) is 11.3 Å². The number of benzene rings is 1. The lowest BCUT2D eigenvalue weighted by molar-refractivity contribution is -0.131. The van der Waals surface area contributed by atoms with E-state index < -0.39 is 23.3 Å². The van der Waals surface area contributed by atoms with Crippen LogP contribution < -0.4 is 5.32 Å². The molecule has 4 rings (SSSR count).